The maximum Gasteiger partial charge on any atom is 0.427 e. The van der Waals surface area contributed by atoms with Crippen molar-refractivity contribution in [1.82, 2.24) is 0 Å². The summed E-state index contributed by atoms with van der Waals surface area (Å²) < 4.78 is 82.7. The van der Waals surface area contributed by atoms with Gasteiger partial charge in [-0.15, -0.1) is 0 Å². The summed E-state index contributed by atoms with van der Waals surface area (Å²) in [5.41, 5.74) is -1.70. The van der Waals surface area contributed by atoms with Gasteiger partial charge in [0.05, 0.1) is 17.7 Å². The monoisotopic (exact) mass is 578 g/mol. The molecule has 41 heavy (non-hydrogen) atoms. The molecular weight excluding hydrogens is 535 g/mol. The Balaban J connectivity index is 1.13. The Bertz CT molecular complexity index is 1140. The predicted octanol–water partition coefficient (Wildman–Crippen LogP) is 10.6. The van der Waals surface area contributed by atoms with Crippen LogP contribution >= 0.6 is 0 Å². The minimum absolute atomic E-state index is 0.121. The van der Waals surface area contributed by atoms with E-state index in [4.69, 9.17) is 9.47 Å². The number of aryl methyl sites for hydroxylation is 2. The van der Waals surface area contributed by atoms with Crippen LogP contribution in [0, 0.1) is 36.4 Å². The van der Waals surface area contributed by atoms with Crippen LogP contribution in [0.1, 0.15) is 118 Å². The molecule has 1 saturated heterocycles. The van der Waals surface area contributed by atoms with Gasteiger partial charge in [0.15, 0.2) is 0 Å². The SMILES string of the molecule is CCCC1CCC(C2CCC(CCc3ccc(OC(F)(F)c4c(C)cc(C5CO5)c(F)c4C(F)F)cc3)CC2)CC1. The van der Waals surface area contributed by atoms with E-state index < -0.39 is 35.6 Å². The maximum absolute atomic E-state index is 15.2. The standard InChI is InChI=1S/C34H43F5O2/c1-3-4-22-7-13-25(14-8-22)26-15-9-23(10-16-26)5-6-24-11-17-27(18-12-24)41-34(38,39)31-21(2)19-28(29-20-40-29)32(35)30(31)33(36)37/h11-12,17-19,22-23,25-26,29,33H,3-10,13-16,20H2,1-2H3. The second-order valence-electron chi connectivity index (χ2n) is 12.7. The molecule has 0 N–H and O–H groups in total. The lowest BCUT2D eigenvalue weighted by Gasteiger charge is -2.38. The summed E-state index contributed by atoms with van der Waals surface area (Å²) in [4.78, 5) is 0. The van der Waals surface area contributed by atoms with Gasteiger partial charge < -0.3 is 9.47 Å². The van der Waals surface area contributed by atoms with Crippen molar-refractivity contribution >= 4 is 0 Å². The molecule has 2 aromatic carbocycles. The van der Waals surface area contributed by atoms with Crippen molar-refractivity contribution < 1.29 is 31.4 Å². The first-order valence-electron chi connectivity index (χ1n) is 15.5. The number of epoxide rings is 1. The molecule has 2 saturated carbocycles. The van der Waals surface area contributed by atoms with Gasteiger partial charge in [-0.2, -0.15) is 8.78 Å². The maximum atomic E-state index is 15.2. The van der Waals surface area contributed by atoms with Gasteiger partial charge in [0, 0.05) is 5.56 Å². The smallest absolute Gasteiger partial charge is 0.427 e. The van der Waals surface area contributed by atoms with Crippen molar-refractivity contribution in [1.29, 1.82) is 0 Å². The van der Waals surface area contributed by atoms with Gasteiger partial charge in [0.25, 0.3) is 6.43 Å². The average Bonchev–Trinajstić information content (AvgIpc) is 3.79. The molecule has 2 nitrogen and oxygen atoms in total. The lowest BCUT2D eigenvalue weighted by Crippen LogP contribution is -2.26. The highest BCUT2D eigenvalue weighted by Gasteiger charge is 2.44. The molecule has 226 valence electrons. The molecular formula is C34H43F5O2. The molecule has 5 rings (SSSR count). The average molecular weight is 579 g/mol. The normalized spacial score (nSPS) is 26.8. The van der Waals surface area contributed by atoms with E-state index in [0.717, 1.165) is 42.2 Å². The fourth-order valence-electron chi connectivity index (χ4n) is 7.50. The summed E-state index contributed by atoms with van der Waals surface area (Å²) >= 11 is 0. The van der Waals surface area contributed by atoms with E-state index in [9.17, 15) is 13.2 Å². The van der Waals surface area contributed by atoms with Crippen molar-refractivity contribution in [2.45, 2.75) is 110 Å². The molecule has 0 radical (unpaired) electrons. The summed E-state index contributed by atoms with van der Waals surface area (Å²) in [7, 11) is 0. The summed E-state index contributed by atoms with van der Waals surface area (Å²) in [6, 6.07) is 7.53. The van der Waals surface area contributed by atoms with Crippen LogP contribution in [0.4, 0.5) is 22.0 Å². The highest BCUT2D eigenvalue weighted by Crippen LogP contribution is 2.45. The molecule has 3 aliphatic rings. The van der Waals surface area contributed by atoms with Crippen molar-refractivity contribution in [3.05, 3.63) is 64.0 Å². The fraction of sp³-hybridized carbons (Fsp3) is 0.647. The molecule has 0 aromatic heterocycles. The Morgan fingerprint density at radius 2 is 1.46 bits per heavy atom. The number of benzene rings is 2. The zero-order valence-corrected chi connectivity index (χ0v) is 24.2. The van der Waals surface area contributed by atoms with Gasteiger partial charge in [-0.25, -0.2) is 13.2 Å². The lowest BCUT2D eigenvalue weighted by atomic mass is 9.68. The van der Waals surface area contributed by atoms with E-state index >= 15 is 8.78 Å². The van der Waals surface area contributed by atoms with Gasteiger partial charge in [-0.1, -0.05) is 57.6 Å². The van der Waals surface area contributed by atoms with Crippen molar-refractivity contribution in [3.63, 3.8) is 0 Å². The molecule has 0 spiro atoms. The number of ether oxygens (including phenoxy) is 2. The first kappa shape index (κ1) is 30.3. The van der Waals surface area contributed by atoms with E-state index in [1.165, 1.54) is 83.3 Å². The topological polar surface area (TPSA) is 21.8 Å². The highest BCUT2D eigenvalue weighted by atomic mass is 19.3. The van der Waals surface area contributed by atoms with Crippen LogP contribution in [0.25, 0.3) is 0 Å². The summed E-state index contributed by atoms with van der Waals surface area (Å²) in [6.45, 7) is 3.73. The second kappa shape index (κ2) is 13.0. The Morgan fingerprint density at radius 3 is 1.98 bits per heavy atom. The van der Waals surface area contributed by atoms with E-state index in [0.29, 0.717) is 5.92 Å². The van der Waals surface area contributed by atoms with E-state index in [2.05, 4.69) is 6.92 Å². The molecule has 1 aliphatic heterocycles. The molecule has 1 unspecified atom stereocenters. The Labute approximate surface area is 241 Å². The van der Waals surface area contributed by atoms with E-state index in [1.54, 1.807) is 12.1 Å². The van der Waals surface area contributed by atoms with Crippen LogP contribution in [0.15, 0.2) is 30.3 Å². The van der Waals surface area contributed by atoms with Gasteiger partial charge >= 0.3 is 6.11 Å². The van der Waals surface area contributed by atoms with Gasteiger partial charge in [-0.3, -0.25) is 0 Å². The number of hydrogen-bond donors (Lipinski definition) is 0. The third-order valence-corrected chi connectivity index (χ3v) is 9.87. The molecule has 1 heterocycles. The Morgan fingerprint density at radius 1 is 0.902 bits per heavy atom. The lowest BCUT2D eigenvalue weighted by molar-refractivity contribution is -0.187. The predicted molar refractivity (Wildman–Crippen MR) is 150 cm³/mol. The third kappa shape index (κ3) is 7.26. The van der Waals surface area contributed by atoms with E-state index in [1.807, 2.05) is 0 Å². The van der Waals surface area contributed by atoms with Crippen LogP contribution in [0.2, 0.25) is 0 Å². The van der Waals surface area contributed by atoms with Crippen LogP contribution in [0.3, 0.4) is 0 Å². The fourth-order valence-corrected chi connectivity index (χ4v) is 7.50. The van der Waals surface area contributed by atoms with E-state index in [-0.39, 0.29) is 23.5 Å². The van der Waals surface area contributed by atoms with Crippen molar-refractivity contribution in [2.75, 3.05) is 6.61 Å². The van der Waals surface area contributed by atoms with Crippen molar-refractivity contribution in [2.24, 2.45) is 23.7 Å². The number of alkyl halides is 4. The molecule has 3 fully saturated rings. The number of hydrogen-bond acceptors (Lipinski definition) is 2. The second-order valence-corrected chi connectivity index (χ2v) is 12.7. The van der Waals surface area contributed by atoms with Gasteiger partial charge in [0.2, 0.25) is 0 Å². The third-order valence-electron chi connectivity index (χ3n) is 9.87. The molecule has 2 aliphatic carbocycles. The zero-order valence-electron chi connectivity index (χ0n) is 24.2. The molecule has 7 heteroatoms. The highest BCUT2D eigenvalue weighted by molar-refractivity contribution is 5.45. The van der Waals surface area contributed by atoms with Gasteiger partial charge in [0.1, 0.15) is 17.7 Å². The van der Waals surface area contributed by atoms with Crippen LogP contribution < -0.4 is 4.74 Å². The summed E-state index contributed by atoms with van der Waals surface area (Å²) in [5.74, 6) is 1.94. The van der Waals surface area contributed by atoms with Gasteiger partial charge in [-0.05, 0) is 98.4 Å². The molecule has 0 bridgehead atoms. The summed E-state index contributed by atoms with van der Waals surface area (Å²) in [5, 5.41) is 0. The van der Waals surface area contributed by atoms with Crippen molar-refractivity contribution in [3.8, 4) is 5.75 Å². The minimum atomic E-state index is -4.13. The minimum Gasteiger partial charge on any atom is -0.429 e. The Hall–Kier alpha value is -2.15. The van der Waals surface area contributed by atoms with Crippen LogP contribution in [-0.2, 0) is 17.3 Å². The quantitative estimate of drug-likeness (QED) is 0.195. The largest absolute Gasteiger partial charge is 0.429 e. The Kier molecular flexibility index (Phi) is 9.62. The molecule has 0 amide bonds. The number of rotatable bonds is 11. The van der Waals surface area contributed by atoms with Crippen LogP contribution in [0.5, 0.6) is 5.75 Å². The molecule has 2 aromatic rings. The molecule has 1 atom stereocenters. The summed E-state index contributed by atoms with van der Waals surface area (Å²) in [6.07, 6.45) is 7.22. The van der Waals surface area contributed by atoms with Crippen LogP contribution in [-0.4, -0.2) is 6.61 Å². The first-order chi connectivity index (χ1) is 19.7. The number of halogens is 5. The zero-order chi connectivity index (χ0) is 29.1. The first-order valence-corrected chi connectivity index (χ1v) is 15.5.